The Balaban J connectivity index is 1.88. The molecule has 1 unspecified atom stereocenters. The second-order valence-corrected chi connectivity index (χ2v) is 9.91. The Labute approximate surface area is 217 Å². The minimum Gasteiger partial charge on any atom is -0.507 e. The lowest BCUT2D eigenvalue weighted by Crippen LogP contribution is -2.29. The summed E-state index contributed by atoms with van der Waals surface area (Å²) in [4.78, 5) is 32.3. The summed E-state index contributed by atoms with van der Waals surface area (Å²) < 4.78 is 11.3. The normalized spacial score (nSPS) is 17.2. The summed E-state index contributed by atoms with van der Waals surface area (Å²) >= 11 is 0. The van der Waals surface area contributed by atoms with E-state index < -0.39 is 17.7 Å². The third-order valence-electron chi connectivity index (χ3n) is 6.46. The lowest BCUT2D eigenvalue weighted by atomic mass is 9.84. The Hall–Kier alpha value is -4.13. The van der Waals surface area contributed by atoms with Gasteiger partial charge in [0.25, 0.3) is 11.7 Å². The number of ether oxygens (including phenoxy) is 2. The Kier molecular flexibility index (Phi) is 7.34. The molecule has 4 rings (SSSR count). The van der Waals surface area contributed by atoms with E-state index in [1.54, 1.807) is 49.8 Å². The van der Waals surface area contributed by atoms with Crippen molar-refractivity contribution in [2.24, 2.45) is 0 Å². The summed E-state index contributed by atoms with van der Waals surface area (Å²) in [6.45, 7) is 8.71. The molecule has 192 valence electrons. The van der Waals surface area contributed by atoms with E-state index in [0.29, 0.717) is 29.2 Å². The first kappa shape index (κ1) is 25.9. The van der Waals surface area contributed by atoms with Crippen LogP contribution >= 0.6 is 0 Å². The molecule has 0 aliphatic carbocycles. The highest BCUT2D eigenvalue weighted by atomic mass is 16.5. The van der Waals surface area contributed by atoms with Crippen molar-refractivity contribution in [2.75, 3.05) is 13.7 Å². The topological polar surface area (TPSA) is 89.0 Å². The Morgan fingerprint density at radius 2 is 1.73 bits per heavy atom. The van der Waals surface area contributed by atoms with Gasteiger partial charge in [-0.25, -0.2) is 0 Å². The highest BCUT2D eigenvalue weighted by molar-refractivity contribution is 6.46. The van der Waals surface area contributed by atoms with E-state index in [0.717, 1.165) is 11.1 Å². The van der Waals surface area contributed by atoms with E-state index in [2.05, 4.69) is 25.8 Å². The number of para-hydroxylation sites is 1. The average Bonchev–Trinajstić information content (AvgIpc) is 3.14. The summed E-state index contributed by atoms with van der Waals surface area (Å²) in [6.07, 6.45) is 3.21. The minimum atomic E-state index is -0.794. The van der Waals surface area contributed by atoms with Gasteiger partial charge in [-0.2, -0.15) is 0 Å². The maximum absolute atomic E-state index is 13.4. The number of rotatable bonds is 7. The molecule has 1 N–H and O–H groups in total. The summed E-state index contributed by atoms with van der Waals surface area (Å²) in [5, 5.41) is 11.5. The van der Waals surface area contributed by atoms with Crippen molar-refractivity contribution in [2.45, 2.75) is 45.7 Å². The molecule has 1 fully saturated rings. The van der Waals surface area contributed by atoms with Crippen LogP contribution in [0.5, 0.6) is 11.5 Å². The van der Waals surface area contributed by atoms with Crippen LogP contribution in [0.2, 0.25) is 0 Å². The number of hydrogen-bond donors (Lipinski definition) is 1. The molecule has 2 aromatic carbocycles. The molecule has 7 nitrogen and oxygen atoms in total. The summed E-state index contributed by atoms with van der Waals surface area (Å²) in [5.41, 5.74) is 2.52. The maximum atomic E-state index is 13.4. The highest BCUT2D eigenvalue weighted by Gasteiger charge is 2.46. The van der Waals surface area contributed by atoms with Crippen molar-refractivity contribution in [3.8, 4) is 11.5 Å². The Bertz CT molecular complexity index is 1340. The SMILES string of the molecule is CCOc1ccc(/C(O)=C2/C(=O)C(=O)N(Cc3ccccc3OC)C2c2ccncc2)cc1C(C)(C)C. The predicted molar refractivity (Wildman–Crippen MR) is 141 cm³/mol. The lowest BCUT2D eigenvalue weighted by molar-refractivity contribution is -0.140. The van der Waals surface area contributed by atoms with Crippen LogP contribution in [-0.2, 0) is 21.5 Å². The zero-order valence-electron chi connectivity index (χ0n) is 21.8. The zero-order valence-corrected chi connectivity index (χ0v) is 21.8. The van der Waals surface area contributed by atoms with Gasteiger partial charge >= 0.3 is 0 Å². The molecule has 0 spiro atoms. The van der Waals surface area contributed by atoms with Crippen LogP contribution < -0.4 is 9.47 Å². The second kappa shape index (κ2) is 10.5. The molecule has 1 aliphatic rings. The molecule has 1 saturated heterocycles. The molecule has 1 aliphatic heterocycles. The van der Waals surface area contributed by atoms with Gasteiger partial charge in [0, 0.05) is 29.1 Å². The van der Waals surface area contributed by atoms with Crippen molar-refractivity contribution in [1.82, 2.24) is 9.88 Å². The fourth-order valence-electron chi connectivity index (χ4n) is 4.65. The average molecular weight is 501 g/mol. The maximum Gasteiger partial charge on any atom is 0.295 e. The number of carbonyl (C=O) groups is 2. The minimum absolute atomic E-state index is 0.0371. The summed E-state index contributed by atoms with van der Waals surface area (Å²) in [5.74, 6) is -0.319. The molecule has 37 heavy (non-hydrogen) atoms. The molecule has 1 atom stereocenters. The standard InChI is InChI=1S/C30H32N2O5/c1-6-37-24-12-11-20(17-22(24)30(2,3)4)27(33)25-26(19-13-15-31-16-14-19)32(29(35)28(25)34)18-21-9-7-8-10-23(21)36-5/h7-17,26,33H,6,18H2,1-5H3/b27-25-. The fourth-order valence-corrected chi connectivity index (χ4v) is 4.65. The smallest absolute Gasteiger partial charge is 0.295 e. The largest absolute Gasteiger partial charge is 0.507 e. The molecular formula is C30H32N2O5. The molecule has 2 heterocycles. The van der Waals surface area contributed by atoms with Crippen molar-refractivity contribution >= 4 is 17.4 Å². The van der Waals surface area contributed by atoms with Gasteiger partial charge < -0.3 is 19.5 Å². The summed E-state index contributed by atoms with van der Waals surface area (Å²) in [7, 11) is 1.56. The van der Waals surface area contributed by atoms with Crippen LogP contribution in [0.15, 0.2) is 72.6 Å². The van der Waals surface area contributed by atoms with Crippen LogP contribution in [-0.4, -0.2) is 40.4 Å². The first-order valence-electron chi connectivity index (χ1n) is 12.2. The quantitative estimate of drug-likeness (QED) is 0.265. The number of amides is 1. The van der Waals surface area contributed by atoms with Crippen molar-refractivity contribution in [1.29, 1.82) is 0 Å². The van der Waals surface area contributed by atoms with Gasteiger partial charge in [0.2, 0.25) is 0 Å². The first-order chi connectivity index (χ1) is 17.7. The van der Waals surface area contributed by atoms with Gasteiger partial charge in [-0.05, 0) is 54.3 Å². The number of aliphatic hydroxyl groups is 1. The molecule has 3 aromatic rings. The number of Topliss-reactive ketones (excluding diaryl/α,β-unsaturated/α-hetero) is 1. The number of benzene rings is 2. The van der Waals surface area contributed by atoms with Crippen LogP contribution in [0.1, 0.15) is 56.0 Å². The van der Waals surface area contributed by atoms with Gasteiger partial charge in [0.05, 0.1) is 31.9 Å². The molecular weight excluding hydrogens is 468 g/mol. The van der Waals surface area contributed by atoms with E-state index in [1.165, 1.54) is 4.90 Å². The van der Waals surface area contributed by atoms with E-state index >= 15 is 0 Å². The van der Waals surface area contributed by atoms with Crippen molar-refractivity contribution in [3.63, 3.8) is 0 Å². The number of ketones is 1. The molecule has 1 amide bonds. The van der Waals surface area contributed by atoms with Crippen molar-refractivity contribution < 1.29 is 24.2 Å². The van der Waals surface area contributed by atoms with E-state index in [9.17, 15) is 14.7 Å². The van der Waals surface area contributed by atoms with Crippen LogP contribution in [0.25, 0.3) is 5.76 Å². The van der Waals surface area contributed by atoms with Crippen molar-refractivity contribution in [3.05, 3.63) is 94.8 Å². The zero-order chi connectivity index (χ0) is 26.7. The third-order valence-corrected chi connectivity index (χ3v) is 6.46. The number of aliphatic hydroxyl groups excluding tert-OH is 1. The number of hydrogen-bond acceptors (Lipinski definition) is 6. The van der Waals surface area contributed by atoms with Gasteiger partial charge in [0.15, 0.2) is 0 Å². The number of carbonyl (C=O) groups excluding carboxylic acids is 2. The summed E-state index contributed by atoms with van der Waals surface area (Å²) in [6, 6.07) is 15.4. The first-order valence-corrected chi connectivity index (χ1v) is 12.2. The Morgan fingerprint density at radius 1 is 1.03 bits per heavy atom. The second-order valence-electron chi connectivity index (χ2n) is 9.91. The molecule has 0 saturated carbocycles. The number of methoxy groups -OCH3 is 1. The fraction of sp³-hybridized carbons (Fsp3) is 0.300. The van der Waals surface area contributed by atoms with E-state index in [-0.39, 0.29) is 23.3 Å². The number of pyridine rings is 1. The van der Waals surface area contributed by atoms with Gasteiger partial charge in [-0.15, -0.1) is 0 Å². The van der Waals surface area contributed by atoms with Crippen LogP contribution in [0, 0.1) is 0 Å². The monoisotopic (exact) mass is 500 g/mol. The molecule has 1 aromatic heterocycles. The molecule has 0 bridgehead atoms. The number of likely N-dealkylation sites (tertiary alicyclic amines) is 1. The highest BCUT2D eigenvalue weighted by Crippen LogP contribution is 2.42. The van der Waals surface area contributed by atoms with Gasteiger partial charge in [-0.1, -0.05) is 39.0 Å². The lowest BCUT2D eigenvalue weighted by Gasteiger charge is -2.26. The Morgan fingerprint density at radius 3 is 2.38 bits per heavy atom. The van der Waals surface area contributed by atoms with Crippen LogP contribution in [0.4, 0.5) is 0 Å². The van der Waals surface area contributed by atoms with Gasteiger partial charge in [0.1, 0.15) is 17.3 Å². The van der Waals surface area contributed by atoms with Gasteiger partial charge in [-0.3, -0.25) is 14.6 Å². The molecule has 7 heteroatoms. The third kappa shape index (κ3) is 5.07. The van der Waals surface area contributed by atoms with E-state index in [4.69, 9.17) is 9.47 Å². The number of aromatic nitrogens is 1. The predicted octanol–water partition coefficient (Wildman–Crippen LogP) is 5.41. The van der Waals surface area contributed by atoms with E-state index in [1.807, 2.05) is 31.2 Å². The van der Waals surface area contributed by atoms with Crippen LogP contribution in [0.3, 0.4) is 0 Å². The molecule has 0 radical (unpaired) electrons. The number of nitrogens with zero attached hydrogens (tertiary/aromatic N) is 2.